The Hall–Kier alpha value is -2.24. The van der Waals surface area contributed by atoms with E-state index in [1.54, 1.807) is 12.4 Å². The fraction of sp³-hybridized carbons (Fsp3) is 0.440. The van der Waals surface area contributed by atoms with Gasteiger partial charge in [0.05, 0.1) is 0 Å². The Kier molecular flexibility index (Phi) is 8.15. The van der Waals surface area contributed by atoms with E-state index in [0.717, 1.165) is 24.0 Å². The number of carbonyl (C=O) groups is 1. The van der Waals surface area contributed by atoms with Crippen LogP contribution in [0.4, 0.5) is 0 Å². The predicted molar refractivity (Wildman–Crippen MR) is 128 cm³/mol. The SMILES string of the molecule is CN(C)/C=C(\C(=O)c1cnccc1CCCO[Si](C)(C)C(C)(C)C)c1ccccc1. The van der Waals surface area contributed by atoms with Gasteiger partial charge < -0.3 is 9.33 Å². The number of aryl methyl sites for hydroxylation is 1. The standard InChI is InChI=1S/C25H36N2O2Si/c1-25(2,3)30(6,7)29-17-11-14-21-15-16-26-18-22(21)24(28)23(19-27(4)5)20-12-9-8-10-13-20/h8-10,12-13,15-16,18-19H,11,14,17H2,1-7H3/b23-19-. The van der Waals surface area contributed by atoms with Crippen molar-refractivity contribution >= 4 is 19.7 Å². The first kappa shape index (κ1) is 24.0. The second-order valence-corrected chi connectivity index (χ2v) is 14.3. The lowest BCUT2D eigenvalue weighted by atomic mass is 9.94. The minimum absolute atomic E-state index is 0.00307. The first-order valence-corrected chi connectivity index (χ1v) is 13.5. The summed E-state index contributed by atoms with van der Waals surface area (Å²) in [5.41, 5.74) is 3.27. The third-order valence-corrected chi connectivity index (χ3v) is 10.3. The third kappa shape index (κ3) is 6.38. The summed E-state index contributed by atoms with van der Waals surface area (Å²) in [4.78, 5) is 19.6. The quantitative estimate of drug-likeness (QED) is 0.220. The number of rotatable bonds is 9. The molecule has 0 aliphatic heterocycles. The molecule has 162 valence electrons. The van der Waals surface area contributed by atoms with Crippen molar-refractivity contribution in [3.05, 3.63) is 71.7 Å². The summed E-state index contributed by atoms with van der Waals surface area (Å²) in [6.07, 6.45) is 7.02. The highest BCUT2D eigenvalue weighted by Crippen LogP contribution is 2.36. The summed E-state index contributed by atoms with van der Waals surface area (Å²) in [5, 5.41) is 0.201. The number of hydrogen-bond donors (Lipinski definition) is 0. The van der Waals surface area contributed by atoms with Crippen molar-refractivity contribution in [2.45, 2.75) is 51.7 Å². The molecule has 0 aliphatic rings. The van der Waals surface area contributed by atoms with Crippen LogP contribution in [0.2, 0.25) is 18.1 Å². The van der Waals surface area contributed by atoms with Crippen LogP contribution < -0.4 is 0 Å². The van der Waals surface area contributed by atoms with Gasteiger partial charge in [-0.1, -0.05) is 51.1 Å². The lowest BCUT2D eigenvalue weighted by Gasteiger charge is -2.36. The second kappa shape index (κ2) is 10.2. The van der Waals surface area contributed by atoms with Gasteiger partial charge in [-0.3, -0.25) is 9.78 Å². The van der Waals surface area contributed by atoms with Gasteiger partial charge in [-0.2, -0.15) is 0 Å². The Bertz CT molecular complexity index is 868. The number of benzene rings is 1. The highest BCUT2D eigenvalue weighted by Gasteiger charge is 2.36. The highest BCUT2D eigenvalue weighted by atomic mass is 28.4. The molecule has 0 spiro atoms. The second-order valence-electron chi connectivity index (χ2n) is 9.45. The molecule has 1 aromatic carbocycles. The van der Waals surface area contributed by atoms with E-state index in [2.05, 4.69) is 38.8 Å². The highest BCUT2D eigenvalue weighted by molar-refractivity contribution is 6.74. The van der Waals surface area contributed by atoms with Gasteiger partial charge in [0.2, 0.25) is 0 Å². The van der Waals surface area contributed by atoms with E-state index in [-0.39, 0.29) is 10.8 Å². The number of carbonyl (C=O) groups excluding carboxylic acids is 1. The van der Waals surface area contributed by atoms with Gasteiger partial charge in [0.1, 0.15) is 0 Å². The summed E-state index contributed by atoms with van der Waals surface area (Å²) in [6, 6.07) is 11.8. The molecule has 0 aliphatic carbocycles. The molecule has 1 aromatic heterocycles. The summed E-state index contributed by atoms with van der Waals surface area (Å²) >= 11 is 0. The van der Waals surface area contributed by atoms with Crippen molar-refractivity contribution < 1.29 is 9.22 Å². The number of ketones is 1. The zero-order chi connectivity index (χ0) is 22.4. The molecule has 0 amide bonds. The Labute approximate surface area is 183 Å². The Morgan fingerprint density at radius 2 is 1.80 bits per heavy atom. The van der Waals surface area contributed by atoms with Gasteiger partial charge in [0.15, 0.2) is 14.1 Å². The first-order chi connectivity index (χ1) is 14.0. The molecule has 5 heteroatoms. The number of Topliss-reactive ketones (excluding diaryl/α,β-unsaturated/α-hetero) is 1. The van der Waals surface area contributed by atoms with Crippen LogP contribution in [0.3, 0.4) is 0 Å². The minimum Gasteiger partial charge on any atom is -0.417 e. The smallest absolute Gasteiger partial charge is 0.196 e. The van der Waals surface area contributed by atoms with Crippen LogP contribution in [0.15, 0.2) is 55.0 Å². The van der Waals surface area contributed by atoms with Crippen molar-refractivity contribution in [2.75, 3.05) is 20.7 Å². The van der Waals surface area contributed by atoms with Crippen LogP contribution >= 0.6 is 0 Å². The fourth-order valence-electron chi connectivity index (χ4n) is 2.94. The molecule has 0 bridgehead atoms. The number of nitrogens with zero attached hydrogens (tertiary/aromatic N) is 2. The minimum atomic E-state index is -1.75. The van der Waals surface area contributed by atoms with Gasteiger partial charge in [-0.05, 0) is 48.2 Å². The maximum atomic E-state index is 13.5. The van der Waals surface area contributed by atoms with Gasteiger partial charge in [-0.25, -0.2) is 0 Å². The van der Waals surface area contributed by atoms with Crippen LogP contribution in [0.25, 0.3) is 5.57 Å². The third-order valence-electron chi connectivity index (χ3n) is 5.73. The van der Waals surface area contributed by atoms with Crippen LogP contribution in [-0.4, -0.2) is 44.7 Å². The van der Waals surface area contributed by atoms with Crippen molar-refractivity contribution in [3.63, 3.8) is 0 Å². The van der Waals surface area contributed by atoms with Crippen LogP contribution in [0, 0.1) is 0 Å². The summed E-state index contributed by atoms with van der Waals surface area (Å²) in [6.45, 7) is 12.0. The number of aromatic nitrogens is 1. The average Bonchev–Trinajstić information content (AvgIpc) is 2.69. The maximum Gasteiger partial charge on any atom is 0.196 e. The van der Waals surface area contributed by atoms with Crippen LogP contribution in [0.5, 0.6) is 0 Å². The molecule has 0 atom stereocenters. The molecule has 4 nitrogen and oxygen atoms in total. The molecule has 2 aromatic rings. The van der Waals surface area contributed by atoms with Crippen molar-refractivity contribution in [3.8, 4) is 0 Å². The molecule has 30 heavy (non-hydrogen) atoms. The van der Waals surface area contributed by atoms with E-state index in [0.29, 0.717) is 17.7 Å². The molecule has 0 unspecified atom stereocenters. The lowest BCUT2D eigenvalue weighted by molar-refractivity contribution is 0.105. The van der Waals surface area contributed by atoms with Crippen molar-refractivity contribution in [2.24, 2.45) is 0 Å². The number of hydrogen-bond acceptors (Lipinski definition) is 4. The van der Waals surface area contributed by atoms with E-state index in [1.165, 1.54) is 0 Å². The monoisotopic (exact) mass is 424 g/mol. The van der Waals surface area contributed by atoms with E-state index >= 15 is 0 Å². The molecule has 0 radical (unpaired) electrons. The first-order valence-electron chi connectivity index (χ1n) is 10.6. The summed E-state index contributed by atoms with van der Waals surface area (Å²) < 4.78 is 6.31. The Morgan fingerprint density at radius 3 is 2.40 bits per heavy atom. The number of allylic oxidation sites excluding steroid dienone is 1. The summed E-state index contributed by atoms with van der Waals surface area (Å²) in [7, 11) is 2.11. The average molecular weight is 425 g/mol. The van der Waals surface area contributed by atoms with Gasteiger partial charge in [0, 0.05) is 50.4 Å². The Balaban J connectivity index is 2.18. The largest absolute Gasteiger partial charge is 0.417 e. The number of pyridine rings is 1. The van der Waals surface area contributed by atoms with E-state index < -0.39 is 8.32 Å². The zero-order valence-corrected chi connectivity index (χ0v) is 20.5. The van der Waals surface area contributed by atoms with Gasteiger partial charge >= 0.3 is 0 Å². The van der Waals surface area contributed by atoms with Crippen molar-refractivity contribution in [1.29, 1.82) is 0 Å². The predicted octanol–water partition coefficient (Wildman–Crippen LogP) is 5.82. The zero-order valence-electron chi connectivity index (χ0n) is 19.5. The molecule has 0 N–H and O–H groups in total. The van der Waals surface area contributed by atoms with Crippen molar-refractivity contribution in [1.82, 2.24) is 9.88 Å². The molecule has 2 rings (SSSR count). The molecule has 1 heterocycles. The Morgan fingerprint density at radius 1 is 1.13 bits per heavy atom. The van der Waals surface area contributed by atoms with Crippen LogP contribution in [-0.2, 0) is 10.8 Å². The lowest BCUT2D eigenvalue weighted by Crippen LogP contribution is -2.41. The van der Waals surface area contributed by atoms with E-state index in [9.17, 15) is 4.79 Å². The molecule has 0 saturated heterocycles. The molecular formula is C25H36N2O2Si. The molecule has 0 fully saturated rings. The van der Waals surface area contributed by atoms with E-state index in [4.69, 9.17) is 4.43 Å². The van der Waals surface area contributed by atoms with Gasteiger partial charge in [0.25, 0.3) is 0 Å². The summed E-state index contributed by atoms with van der Waals surface area (Å²) in [5.74, 6) is 0.00307. The normalized spacial score (nSPS) is 12.7. The fourth-order valence-corrected chi connectivity index (χ4v) is 4.03. The van der Waals surface area contributed by atoms with E-state index in [1.807, 2.05) is 61.6 Å². The maximum absolute atomic E-state index is 13.5. The molecular weight excluding hydrogens is 388 g/mol. The van der Waals surface area contributed by atoms with Gasteiger partial charge in [-0.15, -0.1) is 0 Å². The molecule has 0 saturated carbocycles. The van der Waals surface area contributed by atoms with Crippen LogP contribution in [0.1, 0.15) is 48.7 Å². The topological polar surface area (TPSA) is 42.4 Å².